The molecule has 112 valence electrons. The Morgan fingerprint density at radius 3 is 2.62 bits per heavy atom. The Kier molecular flexibility index (Phi) is 3.75. The number of rotatable bonds is 3. The first kappa shape index (κ1) is 14.5. The summed E-state index contributed by atoms with van der Waals surface area (Å²) in [4.78, 5) is 0. The number of ether oxygens (including phenoxy) is 1. The van der Waals surface area contributed by atoms with E-state index < -0.39 is 0 Å². The van der Waals surface area contributed by atoms with Crippen LogP contribution in [-0.2, 0) is 7.05 Å². The number of nitrogens with one attached hydrogen (secondary N) is 1. The van der Waals surface area contributed by atoms with Crippen LogP contribution in [0, 0.1) is 19.7 Å². The number of halogens is 2. The summed E-state index contributed by atoms with van der Waals surface area (Å²) in [7, 11) is 1.86. The van der Waals surface area contributed by atoms with Crippen molar-refractivity contribution < 1.29 is 9.13 Å². The van der Waals surface area contributed by atoms with E-state index in [4.69, 9.17) is 4.74 Å². The van der Waals surface area contributed by atoms with Crippen LogP contribution in [0.15, 0.2) is 16.6 Å². The van der Waals surface area contributed by atoms with Crippen molar-refractivity contribution in [3.63, 3.8) is 0 Å². The monoisotopic (exact) mass is 353 g/mol. The molecule has 1 aromatic carbocycles. The molecule has 1 aliphatic rings. The third-order valence-corrected chi connectivity index (χ3v) is 4.40. The molecule has 6 heteroatoms. The van der Waals surface area contributed by atoms with Crippen LogP contribution in [0.25, 0.3) is 11.1 Å². The van der Waals surface area contributed by atoms with Gasteiger partial charge in [-0.25, -0.2) is 4.39 Å². The molecule has 21 heavy (non-hydrogen) atoms. The average molecular weight is 354 g/mol. The SMILES string of the molecule is Cc1nn(C)c(C)c1-c1cc(OC2CNC2)cc(Br)c1F. The van der Waals surface area contributed by atoms with Gasteiger partial charge in [-0.3, -0.25) is 4.68 Å². The summed E-state index contributed by atoms with van der Waals surface area (Å²) in [5, 5.41) is 7.51. The highest BCUT2D eigenvalue weighted by Crippen LogP contribution is 2.36. The smallest absolute Gasteiger partial charge is 0.145 e. The topological polar surface area (TPSA) is 39.1 Å². The fraction of sp³-hybridized carbons (Fsp3) is 0.400. The predicted octanol–water partition coefficient (Wildman–Crippen LogP) is 2.96. The highest BCUT2D eigenvalue weighted by Gasteiger charge is 2.22. The number of hydrogen-bond donors (Lipinski definition) is 1. The fourth-order valence-corrected chi connectivity index (χ4v) is 2.95. The second-order valence-corrected chi connectivity index (χ2v) is 6.19. The fourth-order valence-electron chi connectivity index (χ4n) is 2.52. The van der Waals surface area contributed by atoms with E-state index in [9.17, 15) is 4.39 Å². The van der Waals surface area contributed by atoms with Crippen LogP contribution in [0.2, 0.25) is 0 Å². The van der Waals surface area contributed by atoms with Crippen molar-refractivity contribution in [1.29, 1.82) is 0 Å². The van der Waals surface area contributed by atoms with E-state index in [0.29, 0.717) is 15.8 Å². The van der Waals surface area contributed by atoms with Gasteiger partial charge in [-0.15, -0.1) is 0 Å². The summed E-state index contributed by atoms with van der Waals surface area (Å²) in [6, 6.07) is 3.44. The molecule has 1 aromatic heterocycles. The van der Waals surface area contributed by atoms with Gasteiger partial charge >= 0.3 is 0 Å². The zero-order valence-corrected chi connectivity index (χ0v) is 13.8. The summed E-state index contributed by atoms with van der Waals surface area (Å²) in [6.45, 7) is 5.48. The molecule has 1 N–H and O–H groups in total. The third kappa shape index (κ3) is 2.58. The first-order chi connectivity index (χ1) is 9.97. The minimum Gasteiger partial charge on any atom is -0.488 e. The van der Waals surface area contributed by atoms with Gasteiger partial charge in [-0.05, 0) is 41.9 Å². The van der Waals surface area contributed by atoms with Gasteiger partial charge in [0.05, 0.1) is 10.2 Å². The summed E-state index contributed by atoms with van der Waals surface area (Å²) >= 11 is 3.28. The van der Waals surface area contributed by atoms with E-state index in [0.717, 1.165) is 30.0 Å². The Morgan fingerprint density at radius 2 is 2.10 bits per heavy atom. The van der Waals surface area contributed by atoms with Crippen molar-refractivity contribution in [2.24, 2.45) is 7.05 Å². The first-order valence-corrected chi connectivity index (χ1v) is 7.63. The van der Waals surface area contributed by atoms with Gasteiger partial charge in [0.1, 0.15) is 17.7 Å². The maximum Gasteiger partial charge on any atom is 0.145 e. The largest absolute Gasteiger partial charge is 0.488 e. The summed E-state index contributed by atoms with van der Waals surface area (Å²) in [6.07, 6.45) is 0.159. The highest BCUT2D eigenvalue weighted by atomic mass is 79.9. The lowest BCUT2D eigenvalue weighted by molar-refractivity contribution is 0.142. The maximum atomic E-state index is 14.5. The molecular formula is C15H17BrFN3O. The maximum absolute atomic E-state index is 14.5. The molecule has 0 unspecified atom stereocenters. The third-order valence-electron chi connectivity index (χ3n) is 3.83. The lowest BCUT2D eigenvalue weighted by atomic mass is 10.0. The molecule has 1 aliphatic heterocycles. The number of benzene rings is 1. The summed E-state index contributed by atoms with van der Waals surface area (Å²) < 4.78 is 22.5. The van der Waals surface area contributed by atoms with E-state index in [1.807, 2.05) is 20.9 Å². The van der Waals surface area contributed by atoms with E-state index in [2.05, 4.69) is 26.3 Å². The Balaban J connectivity index is 2.07. The minimum absolute atomic E-state index is 0.159. The molecule has 0 atom stereocenters. The number of aryl methyl sites for hydroxylation is 2. The van der Waals surface area contributed by atoms with Crippen LogP contribution in [0.3, 0.4) is 0 Å². The van der Waals surface area contributed by atoms with Crippen molar-refractivity contribution in [2.75, 3.05) is 13.1 Å². The quantitative estimate of drug-likeness (QED) is 0.921. The molecule has 0 bridgehead atoms. The second kappa shape index (κ2) is 5.42. The van der Waals surface area contributed by atoms with Gasteiger partial charge in [-0.1, -0.05) is 0 Å². The van der Waals surface area contributed by atoms with Crippen LogP contribution in [-0.4, -0.2) is 29.0 Å². The van der Waals surface area contributed by atoms with Gasteiger partial charge in [0.15, 0.2) is 0 Å². The van der Waals surface area contributed by atoms with Crippen molar-refractivity contribution >= 4 is 15.9 Å². The van der Waals surface area contributed by atoms with Crippen LogP contribution in [0.5, 0.6) is 5.75 Å². The Morgan fingerprint density at radius 1 is 1.38 bits per heavy atom. The van der Waals surface area contributed by atoms with Gasteiger partial charge in [-0.2, -0.15) is 5.10 Å². The molecule has 0 aliphatic carbocycles. The molecule has 0 spiro atoms. The van der Waals surface area contributed by atoms with Crippen molar-refractivity contribution in [2.45, 2.75) is 20.0 Å². The molecule has 0 radical (unpaired) electrons. The van der Waals surface area contributed by atoms with E-state index in [-0.39, 0.29) is 11.9 Å². The Bertz CT molecular complexity index is 695. The summed E-state index contributed by atoms with van der Waals surface area (Å²) in [5.74, 6) is 0.390. The zero-order valence-electron chi connectivity index (χ0n) is 12.2. The standard InChI is InChI=1S/C15H17BrFN3O/c1-8-14(9(2)20(3)19-8)12-4-10(5-13(16)15(12)17)21-11-6-18-7-11/h4-5,11,18H,6-7H2,1-3H3. The van der Waals surface area contributed by atoms with Crippen LogP contribution >= 0.6 is 15.9 Å². The second-order valence-electron chi connectivity index (χ2n) is 5.33. The van der Waals surface area contributed by atoms with E-state index in [1.54, 1.807) is 16.8 Å². The molecule has 0 saturated carbocycles. The molecular weight excluding hydrogens is 337 g/mol. The van der Waals surface area contributed by atoms with Crippen LogP contribution in [0.1, 0.15) is 11.4 Å². The summed E-state index contributed by atoms with van der Waals surface area (Å²) in [5.41, 5.74) is 3.09. The molecule has 3 rings (SSSR count). The first-order valence-electron chi connectivity index (χ1n) is 6.84. The number of nitrogens with zero attached hydrogens (tertiary/aromatic N) is 2. The van der Waals surface area contributed by atoms with Gasteiger partial charge in [0, 0.05) is 37.0 Å². The van der Waals surface area contributed by atoms with Gasteiger partial charge in [0.2, 0.25) is 0 Å². The number of aromatic nitrogens is 2. The molecule has 2 heterocycles. The molecule has 1 fully saturated rings. The van der Waals surface area contributed by atoms with Crippen molar-refractivity contribution in [3.8, 4) is 16.9 Å². The van der Waals surface area contributed by atoms with Gasteiger partial charge < -0.3 is 10.1 Å². The molecule has 0 amide bonds. The zero-order chi connectivity index (χ0) is 15.1. The van der Waals surface area contributed by atoms with Gasteiger partial charge in [0.25, 0.3) is 0 Å². The minimum atomic E-state index is -0.284. The molecule has 2 aromatic rings. The Hall–Kier alpha value is -1.40. The van der Waals surface area contributed by atoms with Crippen molar-refractivity contribution in [1.82, 2.24) is 15.1 Å². The highest BCUT2D eigenvalue weighted by molar-refractivity contribution is 9.10. The molecule has 1 saturated heterocycles. The van der Waals surface area contributed by atoms with E-state index in [1.165, 1.54) is 0 Å². The molecule has 4 nitrogen and oxygen atoms in total. The van der Waals surface area contributed by atoms with Crippen LogP contribution < -0.4 is 10.1 Å². The lowest BCUT2D eigenvalue weighted by Crippen LogP contribution is -2.50. The average Bonchev–Trinajstić information content (AvgIpc) is 2.63. The number of hydrogen-bond acceptors (Lipinski definition) is 3. The lowest BCUT2D eigenvalue weighted by Gasteiger charge is -2.28. The van der Waals surface area contributed by atoms with Crippen molar-refractivity contribution in [3.05, 3.63) is 33.8 Å². The van der Waals surface area contributed by atoms with Crippen LogP contribution in [0.4, 0.5) is 4.39 Å². The van der Waals surface area contributed by atoms with E-state index >= 15 is 0 Å². The Labute approximate surface area is 131 Å². The normalized spacial score (nSPS) is 15.1. The predicted molar refractivity (Wildman–Crippen MR) is 83.1 cm³/mol.